The van der Waals surface area contributed by atoms with Crippen molar-refractivity contribution in [3.05, 3.63) is 260 Å². The lowest BCUT2D eigenvalue weighted by molar-refractivity contribution is -0.926. The number of hydrogen-bond donors (Lipinski definition) is 5. The van der Waals surface area contributed by atoms with Gasteiger partial charge in [-0.3, -0.25) is 19.3 Å². The molecule has 1 saturated heterocycles. The largest absolute Gasteiger partial charge is 0.542 e. The number of likely N-dealkylation sites (N-methyl/N-ethyl adjacent to an activating group) is 1. The van der Waals surface area contributed by atoms with Gasteiger partial charge in [-0.25, -0.2) is 38.7 Å². The fourth-order valence-corrected chi connectivity index (χ4v) is 16.6. The summed E-state index contributed by atoms with van der Waals surface area (Å²) in [4.78, 5) is 117. The molecular weight excluding hydrogens is 1720 g/mol. The zero-order valence-corrected chi connectivity index (χ0v) is 73.7. The number of piperazine rings is 1. The van der Waals surface area contributed by atoms with Gasteiger partial charge in [-0.1, -0.05) is 146 Å². The average Bonchev–Trinajstić information content (AvgIpc) is 1.60. The van der Waals surface area contributed by atoms with Gasteiger partial charge in [-0.05, 0) is 154 Å². The van der Waals surface area contributed by atoms with E-state index in [0.717, 1.165) is 46.5 Å². The number of fused-ring (bicyclic) bond motifs is 4. The maximum absolute atomic E-state index is 14.8. The first-order valence-electron chi connectivity index (χ1n) is 41.5. The molecule has 1 fully saturated rings. The van der Waals surface area contributed by atoms with E-state index in [1.807, 2.05) is 116 Å². The normalized spacial score (nSPS) is 13.4. The highest BCUT2D eigenvalue weighted by molar-refractivity contribution is 7.22. The van der Waals surface area contributed by atoms with Crippen LogP contribution in [0.3, 0.4) is 0 Å². The minimum atomic E-state index is -5.19. The number of aliphatic carboxylic acids is 1. The van der Waals surface area contributed by atoms with E-state index >= 15 is 0 Å². The van der Waals surface area contributed by atoms with Gasteiger partial charge in [-0.15, -0.1) is 11.3 Å². The summed E-state index contributed by atoms with van der Waals surface area (Å²) in [6, 6.07) is 52.4. The molecule has 1 aliphatic carbocycles. The number of aromatic nitrogens is 4. The first kappa shape index (κ1) is 95.1. The number of hydrogen-bond acceptors (Lipinski definition) is 22. The van der Waals surface area contributed by atoms with Crippen molar-refractivity contribution in [1.29, 1.82) is 0 Å². The Labute approximate surface area is 755 Å². The quantitative estimate of drug-likeness (QED) is 0.00459. The number of azide groups is 1. The molecule has 0 bridgehead atoms. The summed E-state index contributed by atoms with van der Waals surface area (Å²) in [6.07, 6.45) is -3.75. The van der Waals surface area contributed by atoms with Gasteiger partial charge in [0.05, 0.1) is 56.0 Å². The van der Waals surface area contributed by atoms with E-state index in [1.165, 1.54) is 34.7 Å². The minimum absolute atomic E-state index is 0.0310. The molecule has 11 aromatic rings. The third-order valence-electron chi connectivity index (χ3n) is 22.1. The van der Waals surface area contributed by atoms with Crippen LogP contribution in [0.5, 0.6) is 28.9 Å². The van der Waals surface area contributed by atoms with Gasteiger partial charge in [0.2, 0.25) is 29.7 Å². The fraction of sp³-hybridized carbons (Fsp3) is 0.309. The lowest BCUT2D eigenvalue weighted by Crippen LogP contribution is -2.57. The number of carbonyl (C=O) groups excluding carboxylic acids is 7. The highest BCUT2D eigenvalue weighted by Crippen LogP contribution is 2.50. The third kappa shape index (κ3) is 24.7. The number of anilines is 1. The molecule has 36 heteroatoms. The van der Waals surface area contributed by atoms with Crippen molar-refractivity contribution >= 4 is 80.6 Å². The van der Waals surface area contributed by atoms with Gasteiger partial charge < -0.3 is 79.4 Å². The number of nitrogens with zero attached hydrogens (tertiary/aromatic N) is 10. The number of carboxylic acid groups (broad SMARTS) is 1. The number of primary amides is 1. The summed E-state index contributed by atoms with van der Waals surface area (Å²) in [5.41, 5.74) is 25.8. The SMILES string of the molecule is COc1ccc(COC(=O)[C@@H](Cc2ccccc2OCc2ccnc(-c3ccccc3OC)n2)Oc2ncnc3sc(-c4ccc(F)cc4)c(-c4ccc(OCCN5CC[N+](C)(Cc6ccc(NC(=O)[C@H](CCCNC(N)=O)NC(=O)[C@@H](NC(=O)CN=[N+]=[N-])C(C)C)cc6CN(C)C(=O)OCC6c7ccccc7-c7ccccc76)CC5)c(Cl)c4C)c23)cc1.O=C([O-])C(F)(F)F. The lowest BCUT2D eigenvalue weighted by Gasteiger charge is -2.42. The molecular formula is C94H96ClF4N15O15S. The zero-order valence-electron chi connectivity index (χ0n) is 72.1. The maximum Gasteiger partial charge on any atom is 0.430 e. The number of thiophene rings is 1. The molecule has 6 N–H and O–H groups in total. The van der Waals surface area contributed by atoms with Crippen molar-refractivity contribution in [2.45, 2.75) is 96.6 Å². The number of quaternary nitrogens is 1. The summed E-state index contributed by atoms with van der Waals surface area (Å²) < 4.78 is 90.2. The standard InChI is InChI=1S/C92H95ClFN15O13S.C2HF3O2/c1-56(2)83(105-79(110)49-101-106-96)87(112)104-74(23-16-39-98-91(95)114)86(111)103-64-33-30-61(62(47-64)50-107(4)92(115)121-54-73-70-20-11-9-18-68(70)69-19-10-12-21-71(69)73)51-109(5)44-41-108(42-45-109)43-46-118-77-37-36-67(57(3)82(77)93)80-81-88(99-55-100-89(81)123-84(80)59-28-31-63(94)32-29-59)122-78(90(113)120-52-58-26-34-66(116-6)35-27-58)48-60-17-8-14-24-75(60)119-53-65-38-40-97-85(102-65)72-22-13-15-25-76(72)117-7;3-2(4,5)1(6)7/h8-15,17-22,24-38,40,47,55-56,73-74,78,83H,16,23,39,41-46,48-54H2,1-7H3,(H5-,95,98,103,104,105,110,111,112,114);(H,6,7)/t74-,78+,83-;/m0./s1. The van der Waals surface area contributed by atoms with E-state index in [-0.39, 0.29) is 70.6 Å². The van der Waals surface area contributed by atoms with Crippen LogP contribution in [0.25, 0.3) is 64.7 Å². The number of esters is 1. The fourth-order valence-electron chi connectivity index (χ4n) is 15.2. The number of ether oxygens (including phenoxy) is 7. The topological polar surface area (TPSA) is 388 Å². The Morgan fingerprint density at radius 1 is 0.762 bits per heavy atom. The van der Waals surface area contributed by atoms with Gasteiger partial charge in [0.25, 0.3) is 0 Å². The summed E-state index contributed by atoms with van der Waals surface area (Å²) >= 11 is 8.79. The molecule has 6 amide bonds. The number of urea groups is 1. The molecule has 1 aliphatic heterocycles. The number of methoxy groups -OCH3 is 2. The van der Waals surface area contributed by atoms with Gasteiger partial charge in [0, 0.05) is 84.9 Å². The Hall–Kier alpha value is -14.0. The summed E-state index contributed by atoms with van der Waals surface area (Å²) in [7, 11) is 7.02. The van der Waals surface area contributed by atoms with Crippen LogP contribution in [0, 0.1) is 18.7 Å². The first-order valence-corrected chi connectivity index (χ1v) is 42.7. The van der Waals surface area contributed by atoms with Crippen LogP contribution in [0.4, 0.5) is 32.8 Å². The molecule has 0 spiro atoms. The van der Waals surface area contributed by atoms with Crippen LogP contribution in [0.15, 0.2) is 200 Å². The smallest absolute Gasteiger partial charge is 0.430 e. The third-order valence-corrected chi connectivity index (χ3v) is 23.7. The second-order valence-electron chi connectivity index (χ2n) is 31.5. The van der Waals surface area contributed by atoms with Crippen LogP contribution >= 0.6 is 22.9 Å². The second kappa shape index (κ2) is 44.2. The van der Waals surface area contributed by atoms with Gasteiger partial charge in [-0.2, -0.15) is 13.2 Å². The molecule has 13 rings (SSSR count). The van der Waals surface area contributed by atoms with Crippen molar-refractivity contribution < 1.29 is 93.9 Å². The molecule has 2 aliphatic rings. The molecule has 8 aromatic carbocycles. The van der Waals surface area contributed by atoms with Crippen LogP contribution in [-0.2, 0) is 66.2 Å². The number of benzene rings is 8. The monoisotopic (exact) mass is 1820 g/mol. The summed E-state index contributed by atoms with van der Waals surface area (Å²) in [5, 5.41) is 23.8. The van der Waals surface area contributed by atoms with Gasteiger partial charge in [0.1, 0.15) is 97.5 Å². The highest BCUT2D eigenvalue weighted by atomic mass is 35.5. The van der Waals surface area contributed by atoms with Crippen molar-refractivity contribution in [2.75, 3.05) is 92.7 Å². The molecule has 0 unspecified atom stereocenters. The van der Waals surface area contributed by atoms with E-state index < -0.39 is 84.4 Å². The molecule has 3 aromatic heterocycles. The van der Waals surface area contributed by atoms with E-state index in [2.05, 4.69) is 72.5 Å². The predicted molar refractivity (Wildman–Crippen MR) is 477 cm³/mol. The molecule has 678 valence electrons. The van der Waals surface area contributed by atoms with E-state index in [1.54, 1.807) is 77.7 Å². The predicted octanol–water partition coefficient (Wildman–Crippen LogP) is 14.3. The van der Waals surface area contributed by atoms with Crippen LogP contribution in [0.2, 0.25) is 5.02 Å². The Morgan fingerprint density at radius 2 is 1.44 bits per heavy atom. The second-order valence-corrected chi connectivity index (χ2v) is 32.8. The summed E-state index contributed by atoms with van der Waals surface area (Å²) in [5.74, 6) is -3.94. The van der Waals surface area contributed by atoms with Gasteiger partial charge in [0.15, 0.2) is 5.82 Å². The molecule has 0 radical (unpaired) electrons. The van der Waals surface area contributed by atoms with Crippen LogP contribution < -0.4 is 55.8 Å². The Kier molecular flexibility index (Phi) is 32.3. The van der Waals surface area contributed by atoms with Crippen molar-refractivity contribution in [1.82, 2.24) is 45.7 Å². The minimum Gasteiger partial charge on any atom is -0.542 e. The number of nitrogens with one attached hydrogen (secondary N) is 4. The van der Waals surface area contributed by atoms with Crippen molar-refractivity contribution in [2.24, 2.45) is 16.8 Å². The molecule has 4 heterocycles. The average molecular weight is 1820 g/mol. The number of para-hydroxylation sites is 2. The molecule has 30 nitrogen and oxygen atoms in total. The number of halogens is 5. The van der Waals surface area contributed by atoms with Crippen LogP contribution in [-0.4, -0.2) is 188 Å². The number of rotatable bonds is 37. The molecule has 3 atom stereocenters. The van der Waals surface area contributed by atoms with Crippen molar-refractivity contribution in [3.63, 3.8) is 0 Å². The van der Waals surface area contributed by atoms with Crippen LogP contribution in [0.1, 0.15) is 77.2 Å². The number of alkyl halides is 3. The number of carbonyl (C=O) groups is 7. The Balaban J connectivity index is 0.00000210. The van der Waals surface area contributed by atoms with E-state index in [0.29, 0.717) is 130 Å². The summed E-state index contributed by atoms with van der Waals surface area (Å²) in [6.45, 7) is 9.33. The van der Waals surface area contributed by atoms with E-state index in [9.17, 15) is 46.3 Å². The molecule has 130 heavy (non-hydrogen) atoms. The van der Waals surface area contributed by atoms with Crippen molar-refractivity contribution in [3.8, 4) is 73.0 Å². The maximum atomic E-state index is 14.8. The number of carboxylic acids is 1. The highest BCUT2D eigenvalue weighted by Gasteiger charge is 2.36. The first-order chi connectivity index (χ1) is 62.5. The lowest BCUT2D eigenvalue weighted by atomic mass is 9.96. The number of nitrogens with two attached hydrogens (primary N) is 1. The Bertz CT molecular complexity index is 5900. The van der Waals surface area contributed by atoms with E-state index in [4.69, 9.17) is 80.9 Å². The zero-order chi connectivity index (χ0) is 92.8. The number of amides is 6. The Morgan fingerprint density at radius 3 is 2.11 bits per heavy atom. The molecule has 0 saturated carbocycles. The van der Waals surface area contributed by atoms with Gasteiger partial charge >= 0.3 is 24.3 Å².